The Hall–Kier alpha value is 0.250. The zero-order valence-corrected chi connectivity index (χ0v) is 6.69. The summed E-state index contributed by atoms with van der Waals surface area (Å²) in [4.78, 5) is 0. The van der Waals surface area contributed by atoms with Gasteiger partial charge in [0.25, 0.3) is 0 Å². The van der Waals surface area contributed by atoms with E-state index in [0.29, 0.717) is 12.5 Å². The first-order chi connectivity index (χ1) is 4.31. The predicted octanol–water partition coefficient (Wildman–Crippen LogP) is 2.02. The van der Waals surface area contributed by atoms with Crippen molar-refractivity contribution in [2.24, 2.45) is 5.92 Å². The van der Waals surface area contributed by atoms with Crippen LogP contribution >= 0.6 is 11.6 Å². The second-order valence-corrected chi connectivity index (χ2v) is 2.83. The quantitative estimate of drug-likeness (QED) is 0.595. The van der Waals surface area contributed by atoms with E-state index in [0.717, 1.165) is 25.1 Å². The lowest BCUT2D eigenvalue weighted by atomic mass is 10.0. The molecule has 0 aromatic rings. The van der Waals surface area contributed by atoms with Crippen LogP contribution in [-0.4, -0.2) is 17.6 Å². The summed E-state index contributed by atoms with van der Waals surface area (Å²) < 4.78 is 0. The minimum Gasteiger partial charge on any atom is -0.396 e. The van der Waals surface area contributed by atoms with E-state index in [1.165, 1.54) is 0 Å². The Morgan fingerprint density at radius 1 is 1.44 bits per heavy atom. The lowest BCUT2D eigenvalue weighted by Gasteiger charge is -2.06. The van der Waals surface area contributed by atoms with Crippen molar-refractivity contribution in [3.05, 3.63) is 0 Å². The summed E-state index contributed by atoms with van der Waals surface area (Å²) in [6, 6.07) is 0. The molecule has 56 valence electrons. The second kappa shape index (κ2) is 6.37. The van der Waals surface area contributed by atoms with E-state index >= 15 is 0 Å². The van der Waals surface area contributed by atoms with Crippen molar-refractivity contribution in [2.75, 3.05) is 12.5 Å². The van der Waals surface area contributed by atoms with E-state index < -0.39 is 0 Å². The molecule has 0 aliphatic carbocycles. The van der Waals surface area contributed by atoms with Gasteiger partial charge in [-0.3, -0.25) is 0 Å². The Kier molecular flexibility index (Phi) is 6.55. The molecule has 0 aliphatic rings. The van der Waals surface area contributed by atoms with Crippen molar-refractivity contribution in [3.63, 3.8) is 0 Å². The van der Waals surface area contributed by atoms with Crippen molar-refractivity contribution in [3.8, 4) is 0 Å². The number of alkyl halides is 1. The lowest BCUT2D eigenvalue weighted by Crippen LogP contribution is -1.97. The number of hydrogen-bond donors (Lipinski definition) is 1. The third-order valence-electron chi connectivity index (χ3n) is 1.45. The van der Waals surface area contributed by atoms with Gasteiger partial charge in [-0.05, 0) is 25.2 Å². The Labute approximate surface area is 62.0 Å². The van der Waals surface area contributed by atoms with Crippen LogP contribution in [0.3, 0.4) is 0 Å². The van der Waals surface area contributed by atoms with E-state index in [4.69, 9.17) is 16.7 Å². The van der Waals surface area contributed by atoms with Crippen LogP contribution in [0, 0.1) is 5.92 Å². The van der Waals surface area contributed by atoms with E-state index in [1.54, 1.807) is 0 Å². The number of rotatable bonds is 5. The van der Waals surface area contributed by atoms with Crippen molar-refractivity contribution in [2.45, 2.75) is 26.2 Å². The molecule has 0 spiro atoms. The molecule has 0 unspecified atom stereocenters. The van der Waals surface area contributed by atoms with Crippen LogP contribution in [-0.2, 0) is 0 Å². The topological polar surface area (TPSA) is 20.2 Å². The zero-order chi connectivity index (χ0) is 7.11. The van der Waals surface area contributed by atoms with Gasteiger partial charge in [0, 0.05) is 12.5 Å². The van der Waals surface area contributed by atoms with E-state index in [2.05, 4.69) is 6.92 Å². The number of aliphatic hydroxyl groups excluding tert-OH is 1. The molecule has 0 saturated heterocycles. The fourth-order valence-corrected chi connectivity index (χ4v) is 0.945. The van der Waals surface area contributed by atoms with Crippen LogP contribution in [0.15, 0.2) is 0 Å². The maximum Gasteiger partial charge on any atom is 0.0433 e. The monoisotopic (exact) mass is 150 g/mol. The van der Waals surface area contributed by atoms with Gasteiger partial charge in [-0.15, -0.1) is 11.6 Å². The SMILES string of the molecule is C[C@@H](CCO)CCCCl. The number of halogens is 1. The van der Waals surface area contributed by atoms with Gasteiger partial charge >= 0.3 is 0 Å². The lowest BCUT2D eigenvalue weighted by molar-refractivity contribution is 0.258. The smallest absolute Gasteiger partial charge is 0.0433 e. The molecule has 0 radical (unpaired) electrons. The molecule has 1 N–H and O–H groups in total. The largest absolute Gasteiger partial charge is 0.396 e. The van der Waals surface area contributed by atoms with Crippen LogP contribution in [0.25, 0.3) is 0 Å². The molecule has 0 fully saturated rings. The standard InChI is InChI=1S/C7H15ClO/c1-7(4-6-9)3-2-5-8/h7,9H,2-6H2,1H3/t7-/m1/s1. The molecule has 0 saturated carbocycles. The average Bonchev–Trinajstić information content (AvgIpc) is 1.85. The average molecular weight is 151 g/mol. The Morgan fingerprint density at radius 3 is 2.56 bits per heavy atom. The molecule has 0 rings (SSSR count). The van der Waals surface area contributed by atoms with Gasteiger partial charge in [-0.25, -0.2) is 0 Å². The van der Waals surface area contributed by atoms with Crippen LogP contribution in [0.1, 0.15) is 26.2 Å². The fraction of sp³-hybridized carbons (Fsp3) is 1.00. The van der Waals surface area contributed by atoms with Gasteiger partial charge in [-0.2, -0.15) is 0 Å². The normalized spacial score (nSPS) is 13.7. The van der Waals surface area contributed by atoms with Crippen LogP contribution < -0.4 is 0 Å². The van der Waals surface area contributed by atoms with E-state index in [-0.39, 0.29) is 0 Å². The minimum atomic E-state index is 0.309. The highest BCUT2D eigenvalue weighted by Gasteiger charge is 1.98. The van der Waals surface area contributed by atoms with Crippen molar-refractivity contribution in [1.82, 2.24) is 0 Å². The summed E-state index contributed by atoms with van der Waals surface area (Å²) in [5.41, 5.74) is 0. The summed E-state index contributed by atoms with van der Waals surface area (Å²) in [7, 11) is 0. The van der Waals surface area contributed by atoms with E-state index in [1.807, 2.05) is 0 Å². The summed E-state index contributed by atoms with van der Waals surface area (Å²) in [6.45, 7) is 2.45. The molecule has 9 heavy (non-hydrogen) atoms. The van der Waals surface area contributed by atoms with Gasteiger partial charge in [-0.1, -0.05) is 6.92 Å². The fourth-order valence-electron chi connectivity index (χ4n) is 0.790. The molecule has 2 heteroatoms. The Bertz CT molecular complexity index is 56.9. The van der Waals surface area contributed by atoms with Gasteiger partial charge < -0.3 is 5.11 Å². The van der Waals surface area contributed by atoms with Crippen LogP contribution in [0.5, 0.6) is 0 Å². The van der Waals surface area contributed by atoms with Crippen molar-refractivity contribution < 1.29 is 5.11 Å². The molecule has 0 heterocycles. The highest BCUT2D eigenvalue weighted by molar-refractivity contribution is 6.17. The molecule has 0 aromatic heterocycles. The maximum absolute atomic E-state index is 8.50. The van der Waals surface area contributed by atoms with Gasteiger partial charge in [0.15, 0.2) is 0 Å². The third kappa shape index (κ3) is 6.13. The summed E-state index contributed by atoms with van der Waals surface area (Å²) in [5, 5.41) is 8.50. The van der Waals surface area contributed by atoms with Crippen molar-refractivity contribution >= 4 is 11.6 Å². The van der Waals surface area contributed by atoms with Gasteiger partial charge in [0.1, 0.15) is 0 Å². The summed E-state index contributed by atoms with van der Waals surface area (Å²) in [6.07, 6.45) is 3.13. The van der Waals surface area contributed by atoms with E-state index in [9.17, 15) is 0 Å². The molecule has 1 atom stereocenters. The number of aliphatic hydroxyl groups is 1. The predicted molar refractivity (Wildman–Crippen MR) is 40.8 cm³/mol. The molecule has 0 bridgehead atoms. The number of hydrogen-bond acceptors (Lipinski definition) is 1. The Morgan fingerprint density at radius 2 is 2.11 bits per heavy atom. The van der Waals surface area contributed by atoms with Gasteiger partial charge in [0.2, 0.25) is 0 Å². The Balaban J connectivity index is 2.95. The minimum absolute atomic E-state index is 0.309. The molecule has 0 aliphatic heterocycles. The molecule has 0 aromatic carbocycles. The highest BCUT2D eigenvalue weighted by atomic mass is 35.5. The van der Waals surface area contributed by atoms with Crippen LogP contribution in [0.4, 0.5) is 0 Å². The molecule has 1 nitrogen and oxygen atoms in total. The first-order valence-corrected chi connectivity index (χ1v) is 4.01. The zero-order valence-electron chi connectivity index (χ0n) is 5.94. The molecular weight excluding hydrogens is 136 g/mol. The van der Waals surface area contributed by atoms with Crippen molar-refractivity contribution in [1.29, 1.82) is 0 Å². The maximum atomic E-state index is 8.50. The first kappa shape index (κ1) is 9.25. The molecule has 0 amide bonds. The van der Waals surface area contributed by atoms with Crippen LogP contribution in [0.2, 0.25) is 0 Å². The second-order valence-electron chi connectivity index (χ2n) is 2.45. The van der Waals surface area contributed by atoms with Gasteiger partial charge in [0.05, 0.1) is 0 Å². The molecular formula is C7H15ClO. The summed E-state index contributed by atoms with van der Waals surface area (Å²) >= 11 is 5.48. The highest BCUT2D eigenvalue weighted by Crippen LogP contribution is 2.09. The summed E-state index contributed by atoms with van der Waals surface area (Å²) in [5.74, 6) is 1.38. The first-order valence-electron chi connectivity index (χ1n) is 3.48. The third-order valence-corrected chi connectivity index (χ3v) is 1.72.